The van der Waals surface area contributed by atoms with Gasteiger partial charge in [0, 0.05) is 36.8 Å². The maximum atomic E-state index is 5.52. The van der Waals surface area contributed by atoms with Crippen LogP contribution in [0.25, 0.3) is 11.3 Å². The lowest BCUT2D eigenvalue weighted by Gasteiger charge is -2.27. The summed E-state index contributed by atoms with van der Waals surface area (Å²) in [5.74, 6) is 0.867. The van der Waals surface area contributed by atoms with Gasteiger partial charge in [-0.3, -0.25) is 4.90 Å². The Hall–Kier alpha value is -1.36. The lowest BCUT2D eigenvalue weighted by molar-refractivity contribution is 0.183. The fourth-order valence-corrected chi connectivity index (χ4v) is 3.20. The van der Waals surface area contributed by atoms with Crippen LogP contribution >= 0.6 is 12.4 Å². The van der Waals surface area contributed by atoms with Gasteiger partial charge in [-0.05, 0) is 25.8 Å². The summed E-state index contributed by atoms with van der Waals surface area (Å²) in [7, 11) is 0. The van der Waals surface area contributed by atoms with Gasteiger partial charge in [0.05, 0.1) is 5.69 Å². The first-order valence-corrected chi connectivity index (χ1v) is 7.87. The molecule has 1 N–H and O–H groups in total. The van der Waals surface area contributed by atoms with Crippen molar-refractivity contribution in [3.05, 3.63) is 42.1 Å². The normalized spacial score (nSPS) is 21.0. The van der Waals surface area contributed by atoms with Gasteiger partial charge in [-0.25, -0.2) is 0 Å². The zero-order chi connectivity index (χ0) is 14.1. The van der Waals surface area contributed by atoms with Gasteiger partial charge in [0.1, 0.15) is 0 Å². The summed E-state index contributed by atoms with van der Waals surface area (Å²) in [6.07, 6.45) is 3.92. The van der Waals surface area contributed by atoms with Crippen molar-refractivity contribution in [2.45, 2.75) is 37.9 Å². The SMILES string of the molecule is Cl.c1ccc(-c2cc(CN(C3CC3)C3CCNC3)no2)cc1. The van der Waals surface area contributed by atoms with Crippen molar-refractivity contribution < 1.29 is 4.52 Å². The third kappa shape index (κ3) is 3.35. The van der Waals surface area contributed by atoms with Gasteiger partial charge in [-0.15, -0.1) is 12.4 Å². The Bertz CT molecular complexity index is 591. The van der Waals surface area contributed by atoms with E-state index in [2.05, 4.69) is 33.6 Å². The molecule has 4 rings (SSSR count). The van der Waals surface area contributed by atoms with Crippen LogP contribution < -0.4 is 5.32 Å². The second-order valence-electron chi connectivity index (χ2n) is 6.10. The maximum absolute atomic E-state index is 5.52. The average molecular weight is 320 g/mol. The highest BCUT2D eigenvalue weighted by Crippen LogP contribution is 2.32. The molecule has 1 aliphatic heterocycles. The standard InChI is InChI=1S/C17H21N3O.ClH/c1-2-4-13(5-3-1)17-10-14(19-21-17)12-20(15-6-7-15)16-8-9-18-11-16;/h1-5,10,15-16,18H,6-9,11-12H2;1H. The van der Waals surface area contributed by atoms with Gasteiger partial charge in [-0.2, -0.15) is 0 Å². The fraction of sp³-hybridized carbons (Fsp3) is 0.471. The summed E-state index contributed by atoms with van der Waals surface area (Å²) < 4.78 is 5.52. The van der Waals surface area contributed by atoms with Crippen molar-refractivity contribution in [2.75, 3.05) is 13.1 Å². The van der Waals surface area contributed by atoms with Crippen molar-refractivity contribution in [2.24, 2.45) is 0 Å². The Morgan fingerprint density at radius 3 is 2.64 bits per heavy atom. The number of nitrogens with zero attached hydrogens (tertiary/aromatic N) is 2. The quantitative estimate of drug-likeness (QED) is 0.919. The minimum absolute atomic E-state index is 0. The van der Waals surface area contributed by atoms with E-state index >= 15 is 0 Å². The Morgan fingerprint density at radius 2 is 1.95 bits per heavy atom. The van der Waals surface area contributed by atoms with Crippen molar-refractivity contribution in [3.63, 3.8) is 0 Å². The molecular weight excluding hydrogens is 298 g/mol. The molecular formula is C17H22ClN3O. The third-order valence-corrected chi connectivity index (χ3v) is 4.48. The van der Waals surface area contributed by atoms with E-state index < -0.39 is 0 Å². The molecule has 0 bridgehead atoms. The summed E-state index contributed by atoms with van der Waals surface area (Å²) in [5.41, 5.74) is 2.14. The van der Waals surface area contributed by atoms with Crippen LogP contribution in [-0.2, 0) is 6.54 Å². The van der Waals surface area contributed by atoms with E-state index in [0.717, 1.165) is 42.7 Å². The Morgan fingerprint density at radius 1 is 1.14 bits per heavy atom. The van der Waals surface area contributed by atoms with Crippen LogP contribution in [0.2, 0.25) is 0 Å². The van der Waals surface area contributed by atoms with Gasteiger partial charge in [0.25, 0.3) is 0 Å². The van der Waals surface area contributed by atoms with E-state index in [1.54, 1.807) is 0 Å². The molecule has 22 heavy (non-hydrogen) atoms. The molecule has 1 saturated heterocycles. The Balaban J connectivity index is 0.00000144. The predicted molar refractivity (Wildman–Crippen MR) is 89.0 cm³/mol. The molecule has 0 amide bonds. The van der Waals surface area contributed by atoms with Crippen molar-refractivity contribution in [1.29, 1.82) is 0 Å². The zero-order valence-corrected chi connectivity index (χ0v) is 13.4. The van der Waals surface area contributed by atoms with Gasteiger partial charge in [-0.1, -0.05) is 35.5 Å². The van der Waals surface area contributed by atoms with E-state index in [-0.39, 0.29) is 12.4 Å². The summed E-state index contributed by atoms with van der Waals surface area (Å²) in [6, 6.07) is 13.7. The Labute approximate surface area is 137 Å². The number of rotatable bonds is 5. The van der Waals surface area contributed by atoms with E-state index in [1.807, 2.05) is 18.2 Å². The average Bonchev–Trinajstić information content (AvgIpc) is 3.03. The monoisotopic (exact) mass is 319 g/mol. The molecule has 2 aliphatic rings. The zero-order valence-electron chi connectivity index (χ0n) is 12.6. The molecule has 2 fully saturated rings. The highest BCUT2D eigenvalue weighted by atomic mass is 35.5. The molecule has 1 atom stereocenters. The minimum atomic E-state index is 0. The van der Waals surface area contributed by atoms with Gasteiger partial charge in [0.2, 0.25) is 0 Å². The topological polar surface area (TPSA) is 41.3 Å². The molecule has 1 saturated carbocycles. The molecule has 4 nitrogen and oxygen atoms in total. The first-order chi connectivity index (χ1) is 10.4. The Kier molecular flexibility index (Phi) is 4.81. The molecule has 5 heteroatoms. The van der Waals surface area contributed by atoms with Crippen LogP contribution in [-0.4, -0.2) is 35.2 Å². The second-order valence-corrected chi connectivity index (χ2v) is 6.10. The highest BCUT2D eigenvalue weighted by molar-refractivity contribution is 5.85. The predicted octanol–water partition coefficient (Wildman–Crippen LogP) is 3.09. The number of aromatic nitrogens is 1. The number of hydrogen-bond donors (Lipinski definition) is 1. The molecule has 2 heterocycles. The first-order valence-electron chi connectivity index (χ1n) is 7.87. The number of benzene rings is 1. The molecule has 1 aromatic heterocycles. The number of nitrogens with one attached hydrogen (secondary N) is 1. The van der Waals surface area contributed by atoms with Crippen molar-refractivity contribution >= 4 is 12.4 Å². The largest absolute Gasteiger partial charge is 0.356 e. The summed E-state index contributed by atoms with van der Waals surface area (Å²) >= 11 is 0. The van der Waals surface area contributed by atoms with Crippen molar-refractivity contribution in [3.8, 4) is 11.3 Å². The highest BCUT2D eigenvalue weighted by Gasteiger charge is 2.35. The first kappa shape index (κ1) is 15.5. The fourth-order valence-electron chi connectivity index (χ4n) is 3.20. The van der Waals surface area contributed by atoms with E-state index in [4.69, 9.17) is 4.52 Å². The summed E-state index contributed by atoms with van der Waals surface area (Å²) in [4.78, 5) is 2.62. The summed E-state index contributed by atoms with van der Waals surface area (Å²) in [6.45, 7) is 3.16. The van der Waals surface area contributed by atoms with Gasteiger partial charge in [0.15, 0.2) is 5.76 Å². The van der Waals surface area contributed by atoms with E-state index in [1.165, 1.54) is 19.3 Å². The molecule has 1 unspecified atom stereocenters. The van der Waals surface area contributed by atoms with Crippen LogP contribution in [0.4, 0.5) is 0 Å². The third-order valence-electron chi connectivity index (χ3n) is 4.48. The maximum Gasteiger partial charge on any atom is 0.167 e. The van der Waals surface area contributed by atoms with Gasteiger partial charge >= 0.3 is 0 Å². The molecule has 0 radical (unpaired) electrons. The molecule has 118 valence electrons. The minimum Gasteiger partial charge on any atom is -0.356 e. The van der Waals surface area contributed by atoms with Gasteiger partial charge < -0.3 is 9.84 Å². The van der Waals surface area contributed by atoms with E-state index in [0.29, 0.717) is 6.04 Å². The van der Waals surface area contributed by atoms with Crippen LogP contribution in [0.15, 0.2) is 40.9 Å². The van der Waals surface area contributed by atoms with Crippen LogP contribution in [0, 0.1) is 0 Å². The molecule has 2 aromatic rings. The lowest BCUT2D eigenvalue weighted by Crippen LogP contribution is -2.38. The lowest BCUT2D eigenvalue weighted by atomic mass is 10.1. The van der Waals surface area contributed by atoms with Crippen LogP contribution in [0.3, 0.4) is 0 Å². The molecule has 1 aromatic carbocycles. The molecule has 0 spiro atoms. The van der Waals surface area contributed by atoms with E-state index in [9.17, 15) is 0 Å². The summed E-state index contributed by atoms with van der Waals surface area (Å²) in [5, 5.41) is 7.74. The van der Waals surface area contributed by atoms with Crippen LogP contribution in [0.1, 0.15) is 25.0 Å². The smallest absolute Gasteiger partial charge is 0.167 e. The second kappa shape index (κ2) is 6.82. The number of halogens is 1. The van der Waals surface area contributed by atoms with Crippen LogP contribution in [0.5, 0.6) is 0 Å². The molecule has 1 aliphatic carbocycles. The number of hydrogen-bond acceptors (Lipinski definition) is 4. The van der Waals surface area contributed by atoms with Crippen molar-refractivity contribution in [1.82, 2.24) is 15.4 Å².